The highest BCUT2D eigenvalue weighted by atomic mass is 32.2. The van der Waals surface area contributed by atoms with Gasteiger partial charge < -0.3 is 21.1 Å². The van der Waals surface area contributed by atoms with Gasteiger partial charge in [-0.1, -0.05) is 11.8 Å². The van der Waals surface area contributed by atoms with Gasteiger partial charge >= 0.3 is 0 Å². The number of nitrogen functional groups attached to an aromatic ring is 1. The molecule has 6 heteroatoms. The first-order chi connectivity index (χ1) is 12.9. The lowest BCUT2D eigenvalue weighted by Crippen LogP contribution is -2.13. The number of hydrogen-bond donors (Lipinski definition) is 3. The summed E-state index contributed by atoms with van der Waals surface area (Å²) in [5.41, 5.74) is 8.98. The molecule has 0 saturated heterocycles. The molecule has 0 radical (unpaired) electrons. The number of benzene rings is 3. The summed E-state index contributed by atoms with van der Waals surface area (Å²) in [6.07, 6.45) is 0. The average molecular weight is 379 g/mol. The Hall–Kier alpha value is -3.12. The van der Waals surface area contributed by atoms with Gasteiger partial charge in [-0.2, -0.15) is 0 Å². The molecule has 138 valence electrons. The largest absolute Gasteiger partial charge is 0.508 e. The summed E-state index contributed by atoms with van der Waals surface area (Å²) < 4.78 is 0. The van der Waals surface area contributed by atoms with Crippen LogP contribution in [-0.4, -0.2) is 25.1 Å². The Labute approximate surface area is 162 Å². The molecule has 0 spiro atoms. The van der Waals surface area contributed by atoms with E-state index in [1.807, 2.05) is 55.4 Å². The van der Waals surface area contributed by atoms with E-state index < -0.39 is 0 Å². The molecule has 0 aliphatic rings. The minimum absolute atomic E-state index is 0.182. The second kappa shape index (κ2) is 8.05. The molecule has 1 amide bonds. The number of anilines is 3. The number of amides is 1. The van der Waals surface area contributed by atoms with Crippen molar-refractivity contribution in [3.05, 3.63) is 72.3 Å². The monoisotopic (exact) mass is 379 g/mol. The average Bonchev–Trinajstić information content (AvgIpc) is 2.65. The van der Waals surface area contributed by atoms with Crippen molar-refractivity contribution in [1.29, 1.82) is 0 Å². The molecule has 0 unspecified atom stereocenters. The summed E-state index contributed by atoms with van der Waals surface area (Å²) in [6, 6.07) is 19.8. The van der Waals surface area contributed by atoms with Crippen LogP contribution < -0.4 is 16.0 Å². The van der Waals surface area contributed by atoms with Crippen LogP contribution in [0.5, 0.6) is 5.75 Å². The molecular formula is C21H21N3O2S. The smallest absolute Gasteiger partial charge is 0.255 e. The molecule has 27 heavy (non-hydrogen) atoms. The minimum atomic E-state index is -0.182. The van der Waals surface area contributed by atoms with Gasteiger partial charge in [0.1, 0.15) is 5.75 Å². The Bertz CT molecular complexity index is 939. The van der Waals surface area contributed by atoms with Crippen LogP contribution in [0.15, 0.2) is 76.5 Å². The Morgan fingerprint density at radius 3 is 2.26 bits per heavy atom. The molecule has 0 aromatic heterocycles. The summed E-state index contributed by atoms with van der Waals surface area (Å²) in [7, 11) is 3.91. The normalized spacial score (nSPS) is 10.4. The Kier molecular flexibility index (Phi) is 5.57. The summed E-state index contributed by atoms with van der Waals surface area (Å²) in [5.74, 6) is 0.0441. The summed E-state index contributed by atoms with van der Waals surface area (Å²) in [5, 5.41) is 12.2. The number of nitrogens with one attached hydrogen (secondary N) is 1. The maximum atomic E-state index is 12.4. The molecule has 0 heterocycles. The number of aromatic hydroxyl groups is 1. The quantitative estimate of drug-likeness (QED) is 0.571. The lowest BCUT2D eigenvalue weighted by Gasteiger charge is -2.13. The predicted molar refractivity (Wildman–Crippen MR) is 112 cm³/mol. The third-order valence-corrected chi connectivity index (χ3v) is 5.08. The van der Waals surface area contributed by atoms with Crippen LogP contribution in [0.25, 0.3) is 0 Å². The van der Waals surface area contributed by atoms with Crippen molar-refractivity contribution in [2.75, 3.05) is 30.0 Å². The molecular weight excluding hydrogens is 358 g/mol. The fourth-order valence-corrected chi connectivity index (χ4v) is 3.31. The zero-order chi connectivity index (χ0) is 19.4. The molecule has 0 atom stereocenters. The van der Waals surface area contributed by atoms with E-state index in [0.717, 1.165) is 15.5 Å². The number of phenols is 1. The standard InChI is InChI=1S/C21H21N3O2S/c1-24(2)16-6-3-14(4-7-16)21(26)23-15-5-12-20(19(22)13-15)27-18-10-8-17(25)9-11-18/h3-13,25H,22H2,1-2H3,(H,23,26). The number of phenolic OH excluding ortho intramolecular Hbond substituents is 1. The molecule has 3 aromatic carbocycles. The van der Waals surface area contributed by atoms with E-state index in [9.17, 15) is 9.90 Å². The van der Waals surface area contributed by atoms with E-state index in [-0.39, 0.29) is 11.7 Å². The van der Waals surface area contributed by atoms with E-state index >= 15 is 0 Å². The SMILES string of the molecule is CN(C)c1ccc(C(=O)Nc2ccc(Sc3ccc(O)cc3)c(N)c2)cc1. The van der Waals surface area contributed by atoms with Gasteiger partial charge in [0, 0.05) is 46.5 Å². The van der Waals surface area contributed by atoms with Crippen LogP contribution in [0, 0.1) is 0 Å². The number of nitrogens with zero attached hydrogens (tertiary/aromatic N) is 1. The Balaban J connectivity index is 1.69. The van der Waals surface area contributed by atoms with Crippen LogP contribution in [0.2, 0.25) is 0 Å². The van der Waals surface area contributed by atoms with Gasteiger partial charge in [0.15, 0.2) is 0 Å². The zero-order valence-corrected chi connectivity index (χ0v) is 16.0. The van der Waals surface area contributed by atoms with Gasteiger partial charge in [0.2, 0.25) is 0 Å². The highest BCUT2D eigenvalue weighted by Gasteiger charge is 2.09. The fourth-order valence-electron chi connectivity index (χ4n) is 2.47. The highest BCUT2D eigenvalue weighted by Crippen LogP contribution is 2.34. The molecule has 0 aliphatic carbocycles. The molecule has 5 nitrogen and oxygen atoms in total. The van der Waals surface area contributed by atoms with E-state index in [1.165, 1.54) is 11.8 Å². The maximum Gasteiger partial charge on any atom is 0.255 e. The van der Waals surface area contributed by atoms with Crippen molar-refractivity contribution in [2.45, 2.75) is 9.79 Å². The van der Waals surface area contributed by atoms with E-state index in [2.05, 4.69) is 5.32 Å². The van der Waals surface area contributed by atoms with E-state index in [1.54, 1.807) is 30.3 Å². The van der Waals surface area contributed by atoms with Crippen molar-refractivity contribution in [2.24, 2.45) is 0 Å². The zero-order valence-electron chi connectivity index (χ0n) is 15.1. The minimum Gasteiger partial charge on any atom is -0.508 e. The molecule has 0 saturated carbocycles. The van der Waals surface area contributed by atoms with E-state index in [0.29, 0.717) is 16.9 Å². The van der Waals surface area contributed by atoms with Crippen LogP contribution in [0.1, 0.15) is 10.4 Å². The van der Waals surface area contributed by atoms with Crippen LogP contribution in [-0.2, 0) is 0 Å². The van der Waals surface area contributed by atoms with Crippen LogP contribution in [0.4, 0.5) is 17.1 Å². The molecule has 0 aliphatic heterocycles. The fraction of sp³-hybridized carbons (Fsp3) is 0.0952. The third kappa shape index (κ3) is 4.74. The summed E-state index contributed by atoms with van der Waals surface area (Å²) in [6.45, 7) is 0. The van der Waals surface area contributed by atoms with Gasteiger partial charge in [-0.3, -0.25) is 4.79 Å². The molecule has 4 N–H and O–H groups in total. The summed E-state index contributed by atoms with van der Waals surface area (Å²) >= 11 is 1.50. The third-order valence-electron chi connectivity index (χ3n) is 3.98. The second-order valence-corrected chi connectivity index (χ2v) is 7.36. The number of carbonyl (C=O) groups excluding carboxylic acids is 1. The van der Waals surface area contributed by atoms with Crippen LogP contribution >= 0.6 is 11.8 Å². The number of carbonyl (C=O) groups is 1. The van der Waals surface area contributed by atoms with Crippen LogP contribution in [0.3, 0.4) is 0 Å². The first-order valence-electron chi connectivity index (χ1n) is 8.37. The van der Waals surface area contributed by atoms with Crippen molar-refractivity contribution in [3.63, 3.8) is 0 Å². The number of nitrogens with two attached hydrogens (primary N) is 1. The van der Waals surface area contributed by atoms with Gasteiger partial charge in [0.25, 0.3) is 5.91 Å². The molecule has 0 fully saturated rings. The molecule has 3 aromatic rings. The molecule has 3 rings (SSSR count). The first kappa shape index (κ1) is 18.7. The van der Waals surface area contributed by atoms with Gasteiger partial charge in [-0.25, -0.2) is 0 Å². The van der Waals surface area contributed by atoms with Crippen molar-refractivity contribution < 1.29 is 9.90 Å². The van der Waals surface area contributed by atoms with Gasteiger partial charge in [-0.05, 0) is 66.7 Å². The van der Waals surface area contributed by atoms with Gasteiger partial charge in [-0.15, -0.1) is 0 Å². The predicted octanol–water partition coefficient (Wildman–Crippen LogP) is 4.44. The molecule has 0 bridgehead atoms. The lowest BCUT2D eigenvalue weighted by atomic mass is 10.2. The summed E-state index contributed by atoms with van der Waals surface area (Å²) in [4.78, 5) is 16.3. The Morgan fingerprint density at radius 2 is 1.67 bits per heavy atom. The Morgan fingerprint density at radius 1 is 1.00 bits per heavy atom. The van der Waals surface area contributed by atoms with Crippen molar-refractivity contribution >= 4 is 34.7 Å². The topological polar surface area (TPSA) is 78.6 Å². The van der Waals surface area contributed by atoms with Crippen molar-refractivity contribution in [1.82, 2.24) is 0 Å². The maximum absolute atomic E-state index is 12.4. The number of rotatable bonds is 5. The highest BCUT2D eigenvalue weighted by molar-refractivity contribution is 7.99. The van der Waals surface area contributed by atoms with E-state index in [4.69, 9.17) is 5.73 Å². The second-order valence-electron chi connectivity index (χ2n) is 6.24. The van der Waals surface area contributed by atoms with Crippen molar-refractivity contribution in [3.8, 4) is 5.75 Å². The number of hydrogen-bond acceptors (Lipinski definition) is 5. The lowest BCUT2D eigenvalue weighted by molar-refractivity contribution is 0.102. The van der Waals surface area contributed by atoms with Gasteiger partial charge in [0.05, 0.1) is 0 Å². The first-order valence-corrected chi connectivity index (χ1v) is 9.19.